The third kappa shape index (κ3) is 4.17. The van der Waals surface area contributed by atoms with Crippen LogP contribution in [0.4, 0.5) is 0 Å². The third-order valence-electron chi connectivity index (χ3n) is 5.58. The van der Waals surface area contributed by atoms with Gasteiger partial charge in [-0.1, -0.05) is 29.6 Å². The van der Waals surface area contributed by atoms with Gasteiger partial charge >= 0.3 is 0 Å². The summed E-state index contributed by atoms with van der Waals surface area (Å²) in [6.07, 6.45) is 8.72. The van der Waals surface area contributed by atoms with E-state index in [9.17, 15) is 5.26 Å². The average molecular weight is 423 g/mol. The molecule has 1 aromatic carbocycles. The predicted molar refractivity (Wildman–Crippen MR) is 117 cm³/mol. The van der Waals surface area contributed by atoms with Crippen LogP contribution in [0.3, 0.4) is 0 Å². The SMILES string of the molecule is CC(C)Oc1ccc(-c2nnc(C3C=CC=C4[C@@H](NCCO)CC[C@H]43)s2)cc1C#N. The molecule has 2 N–H and O–H groups in total. The number of ether oxygens (including phenoxy) is 1. The fraction of sp³-hybridized carbons (Fsp3) is 0.435. The Bertz CT molecular complexity index is 1000. The average Bonchev–Trinajstić information content (AvgIpc) is 3.39. The number of aliphatic hydroxyl groups is 1. The largest absolute Gasteiger partial charge is 0.490 e. The Kier molecular flexibility index (Phi) is 6.28. The fourth-order valence-electron chi connectivity index (χ4n) is 4.29. The monoisotopic (exact) mass is 422 g/mol. The number of hydrogen-bond acceptors (Lipinski definition) is 7. The van der Waals surface area contributed by atoms with Crippen LogP contribution in [0.5, 0.6) is 5.75 Å². The van der Waals surface area contributed by atoms with Crippen LogP contribution >= 0.6 is 11.3 Å². The number of hydrogen-bond donors (Lipinski definition) is 2. The van der Waals surface area contributed by atoms with Crippen molar-refractivity contribution in [2.45, 2.75) is 44.8 Å². The van der Waals surface area contributed by atoms with Gasteiger partial charge in [-0.2, -0.15) is 5.26 Å². The number of fused-ring (bicyclic) bond motifs is 1. The number of allylic oxidation sites excluding steroid dienone is 3. The van der Waals surface area contributed by atoms with Gasteiger partial charge in [-0.3, -0.25) is 0 Å². The van der Waals surface area contributed by atoms with Crippen LogP contribution in [0.25, 0.3) is 10.6 Å². The van der Waals surface area contributed by atoms with Crippen LogP contribution in [-0.2, 0) is 0 Å². The summed E-state index contributed by atoms with van der Waals surface area (Å²) in [5.74, 6) is 1.23. The summed E-state index contributed by atoms with van der Waals surface area (Å²) >= 11 is 1.59. The molecular formula is C23H26N4O2S. The summed E-state index contributed by atoms with van der Waals surface area (Å²) in [7, 11) is 0. The van der Waals surface area contributed by atoms with E-state index in [0.29, 0.717) is 29.8 Å². The Labute approximate surface area is 180 Å². The van der Waals surface area contributed by atoms with Crippen LogP contribution in [0.2, 0.25) is 0 Å². The number of aliphatic hydroxyl groups excluding tert-OH is 1. The number of benzene rings is 1. The second-order valence-corrected chi connectivity index (χ2v) is 8.94. The standard InChI is InChI=1S/C23H26N4O2S/c1-14(2)29-21-9-6-15(12-16(21)13-24)22-26-27-23(30-22)19-5-3-4-18-17(19)7-8-20(18)25-10-11-28/h3-6,9,12,14,17,19-20,25,28H,7-8,10-11H2,1-2H3/t17-,19?,20+/m1/s1. The summed E-state index contributed by atoms with van der Waals surface area (Å²) < 4.78 is 5.72. The molecule has 0 spiro atoms. The maximum Gasteiger partial charge on any atom is 0.147 e. The molecule has 2 aliphatic carbocycles. The first-order valence-corrected chi connectivity index (χ1v) is 11.2. The van der Waals surface area contributed by atoms with Gasteiger partial charge in [0, 0.05) is 24.1 Å². The van der Waals surface area contributed by atoms with E-state index in [0.717, 1.165) is 28.4 Å². The van der Waals surface area contributed by atoms with E-state index in [1.807, 2.05) is 32.0 Å². The van der Waals surface area contributed by atoms with Crippen molar-refractivity contribution in [2.24, 2.45) is 5.92 Å². The zero-order valence-corrected chi connectivity index (χ0v) is 18.0. The Balaban J connectivity index is 1.55. The van der Waals surface area contributed by atoms with Gasteiger partial charge in [0.1, 0.15) is 21.8 Å². The zero-order chi connectivity index (χ0) is 21.1. The van der Waals surface area contributed by atoms with Crippen molar-refractivity contribution in [3.63, 3.8) is 0 Å². The molecule has 1 unspecified atom stereocenters. The van der Waals surface area contributed by atoms with Crippen molar-refractivity contribution in [1.29, 1.82) is 5.26 Å². The summed E-state index contributed by atoms with van der Waals surface area (Å²) in [5.41, 5.74) is 2.79. The van der Waals surface area contributed by atoms with E-state index < -0.39 is 0 Å². The summed E-state index contributed by atoms with van der Waals surface area (Å²) in [4.78, 5) is 0. The molecule has 0 saturated heterocycles. The second kappa shape index (κ2) is 9.09. The molecule has 2 aliphatic rings. The van der Waals surface area contributed by atoms with Crippen LogP contribution < -0.4 is 10.1 Å². The van der Waals surface area contributed by atoms with Crippen LogP contribution in [-0.4, -0.2) is 40.6 Å². The molecule has 4 rings (SSSR count). The lowest BCUT2D eigenvalue weighted by Crippen LogP contribution is -2.31. The van der Waals surface area contributed by atoms with Gasteiger partial charge in [-0.25, -0.2) is 0 Å². The topological polar surface area (TPSA) is 91.1 Å². The van der Waals surface area contributed by atoms with Gasteiger partial charge in [0.2, 0.25) is 0 Å². The molecule has 156 valence electrons. The van der Waals surface area contributed by atoms with Gasteiger partial charge in [-0.05, 0) is 56.4 Å². The van der Waals surface area contributed by atoms with E-state index in [1.165, 1.54) is 5.57 Å². The lowest BCUT2D eigenvalue weighted by atomic mass is 9.84. The fourth-order valence-corrected chi connectivity index (χ4v) is 5.28. The minimum Gasteiger partial charge on any atom is -0.490 e. The first-order valence-electron chi connectivity index (χ1n) is 10.4. The van der Waals surface area contributed by atoms with Crippen molar-refractivity contribution in [3.8, 4) is 22.4 Å². The predicted octanol–water partition coefficient (Wildman–Crippen LogP) is 3.80. The third-order valence-corrected chi connectivity index (χ3v) is 6.65. The molecule has 1 saturated carbocycles. The summed E-state index contributed by atoms with van der Waals surface area (Å²) in [5, 5.41) is 32.8. The number of rotatable bonds is 7. The first kappa shape index (κ1) is 20.7. The highest BCUT2D eigenvalue weighted by Crippen LogP contribution is 2.45. The van der Waals surface area contributed by atoms with E-state index in [1.54, 1.807) is 11.3 Å². The van der Waals surface area contributed by atoms with E-state index in [-0.39, 0.29) is 18.6 Å². The molecule has 1 aromatic heterocycles. The highest BCUT2D eigenvalue weighted by atomic mass is 32.1. The molecule has 0 bridgehead atoms. The minimum absolute atomic E-state index is 0.0125. The maximum absolute atomic E-state index is 9.50. The smallest absolute Gasteiger partial charge is 0.147 e. The number of nitrogens with zero attached hydrogens (tertiary/aromatic N) is 3. The molecule has 0 amide bonds. The lowest BCUT2D eigenvalue weighted by Gasteiger charge is -2.25. The summed E-state index contributed by atoms with van der Waals surface area (Å²) in [6.45, 7) is 4.65. The Hall–Kier alpha value is -2.53. The van der Waals surface area contributed by atoms with E-state index >= 15 is 0 Å². The minimum atomic E-state index is 0.0125. The highest BCUT2D eigenvalue weighted by molar-refractivity contribution is 7.14. The van der Waals surface area contributed by atoms with Crippen molar-refractivity contribution in [2.75, 3.05) is 13.2 Å². The van der Waals surface area contributed by atoms with Crippen molar-refractivity contribution in [3.05, 3.63) is 52.6 Å². The van der Waals surface area contributed by atoms with Gasteiger partial charge < -0.3 is 15.2 Å². The van der Waals surface area contributed by atoms with Crippen LogP contribution in [0.15, 0.2) is 42.0 Å². The molecule has 30 heavy (non-hydrogen) atoms. The quantitative estimate of drug-likeness (QED) is 0.705. The molecule has 0 radical (unpaired) electrons. The highest BCUT2D eigenvalue weighted by Gasteiger charge is 2.37. The second-order valence-electron chi connectivity index (χ2n) is 7.93. The molecular weight excluding hydrogens is 396 g/mol. The zero-order valence-electron chi connectivity index (χ0n) is 17.2. The molecule has 3 atom stereocenters. The first-order chi connectivity index (χ1) is 14.6. The van der Waals surface area contributed by atoms with E-state index in [2.05, 4.69) is 39.8 Å². The van der Waals surface area contributed by atoms with Crippen molar-refractivity contribution < 1.29 is 9.84 Å². The number of nitriles is 1. The van der Waals surface area contributed by atoms with Crippen molar-refractivity contribution in [1.82, 2.24) is 15.5 Å². The molecule has 0 aliphatic heterocycles. The van der Waals surface area contributed by atoms with Crippen LogP contribution in [0, 0.1) is 17.2 Å². The molecule has 1 heterocycles. The Morgan fingerprint density at radius 3 is 2.97 bits per heavy atom. The molecule has 2 aromatic rings. The molecule has 7 heteroatoms. The van der Waals surface area contributed by atoms with Gasteiger partial charge in [0.05, 0.1) is 18.3 Å². The number of nitrogens with one attached hydrogen (secondary N) is 1. The van der Waals surface area contributed by atoms with Gasteiger partial charge in [0.15, 0.2) is 0 Å². The van der Waals surface area contributed by atoms with Gasteiger partial charge in [0.25, 0.3) is 0 Å². The molecule has 6 nitrogen and oxygen atoms in total. The normalized spacial score (nSPS) is 22.6. The summed E-state index contributed by atoms with van der Waals surface area (Å²) in [6, 6.07) is 8.15. The van der Waals surface area contributed by atoms with Crippen molar-refractivity contribution >= 4 is 11.3 Å². The Morgan fingerprint density at radius 1 is 1.33 bits per heavy atom. The molecule has 1 fully saturated rings. The van der Waals surface area contributed by atoms with Crippen LogP contribution in [0.1, 0.15) is 43.2 Å². The van der Waals surface area contributed by atoms with E-state index in [4.69, 9.17) is 9.84 Å². The van der Waals surface area contributed by atoms with Gasteiger partial charge in [-0.15, -0.1) is 10.2 Å². The maximum atomic E-state index is 9.50. The lowest BCUT2D eigenvalue weighted by molar-refractivity contribution is 0.242. The number of aromatic nitrogens is 2. The Morgan fingerprint density at radius 2 is 2.20 bits per heavy atom.